The van der Waals surface area contributed by atoms with Crippen molar-refractivity contribution in [2.24, 2.45) is 11.8 Å². The SMILES string of the molecule is CC12NC(COC1=O)C1CCCC2C1. The Bertz CT molecular complexity index is 278. The van der Waals surface area contributed by atoms with Gasteiger partial charge in [0.05, 0.1) is 0 Å². The van der Waals surface area contributed by atoms with Crippen molar-refractivity contribution in [3.05, 3.63) is 0 Å². The molecule has 1 aliphatic carbocycles. The Morgan fingerprint density at radius 3 is 3.21 bits per heavy atom. The maximum Gasteiger partial charge on any atom is 0.326 e. The number of carbonyl (C=O) groups excluding carboxylic acids is 1. The number of nitrogens with one attached hydrogen (secondary N) is 1. The van der Waals surface area contributed by atoms with Crippen LogP contribution in [-0.4, -0.2) is 24.2 Å². The van der Waals surface area contributed by atoms with Crippen LogP contribution in [0.15, 0.2) is 0 Å². The van der Waals surface area contributed by atoms with E-state index in [2.05, 4.69) is 5.32 Å². The first kappa shape index (κ1) is 8.72. The minimum absolute atomic E-state index is 0.0286. The molecule has 3 heteroatoms. The number of hydrogen-bond acceptors (Lipinski definition) is 3. The number of rotatable bonds is 0. The second-order valence-electron chi connectivity index (χ2n) is 5.18. The summed E-state index contributed by atoms with van der Waals surface area (Å²) in [6, 6.07) is 0.425. The van der Waals surface area contributed by atoms with Crippen molar-refractivity contribution < 1.29 is 9.53 Å². The predicted octanol–water partition coefficient (Wildman–Crippen LogP) is 1.08. The average Bonchev–Trinajstić information content (AvgIpc) is 2.21. The summed E-state index contributed by atoms with van der Waals surface area (Å²) in [5.41, 5.74) is -0.375. The van der Waals surface area contributed by atoms with E-state index >= 15 is 0 Å². The molecule has 78 valence electrons. The zero-order valence-electron chi connectivity index (χ0n) is 8.58. The summed E-state index contributed by atoms with van der Waals surface area (Å²) >= 11 is 0. The Morgan fingerprint density at radius 1 is 1.50 bits per heavy atom. The summed E-state index contributed by atoms with van der Waals surface area (Å²) in [7, 11) is 0. The second kappa shape index (κ2) is 2.72. The topological polar surface area (TPSA) is 38.3 Å². The summed E-state index contributed by atoms with van der Waals surface area (Å²) in [6.07, 6.45) is 5.00. The highest BCUT2D eigenvalue weighted by Crippen LogP contribution is 2.44. The standard InChI is InChI=1S/C11H17NO2/c1-11-8-4-2-3-7(5-8)9(12-11)6-14-10(11)13/h7-9,12H,2-6H2,1H3. The molecule has 0 aromatic carbocycles. The van der Waals surface area contributed by atoms with Crippen LogP contribution in [0.1, 0.15) is 32.6 Å². The molecule has 3 fully saturated rings. The summed E-state index contributed by atoms with van der Waals surface area (Å²) in [5.74, 6) is 1.22. The number of esters is 1. The Morgan fingerprint density at radius 2 is 2.36 bits per heavy atom. The molecule has 3 aliphatic rings. The molecule has 0 spiro atoms. The molecule has 3 rings (SSSR count). The van der Waals surface area contributed by atoms with Crippen LogP contribution in [0.4, 0.5) is 0 Å². The summed E-state index contributed by atoms with van der Waals surface area (Å²) in [5, 5.41) is 3.51. The maximum absolute atomic E-state index is 11.7. The Hall–Kier alpha value is -0.570. The molecule has 4 bridgehead atoms. The van der Waals surface area contributed by atoms with E-state index in [0.29, 0.717) is 18.6 Å². The Balaban J connectivity index is 1.96. The Labute approximate surface area is 84.2 Å². The number of cyclic esters (lactones) is 1. The fourth-order valence-electron chi connectivity index (χ4n) is 3.46. The maximum atomic E-state index is 11.7. The summed E-state index contributed by atoms with van der Waals surface area (Å²) in [4.78, 5) is 11.7. The van der Waals surface area contributed by atoms with Crippen LogP contribution in [0.5, 0.6) is 0 Å². The lowest BCUT2D eigenvalue weighted by Gasteiger charge is -2.53. The van der Waals surface area contributed by atoms with Gasteiger partial charge in [-0.15, -0.1) is 0 Å². The van der Waals surface area contributed by atoms with Gasteiger partial charge < -0.3 is 4.74 Å². The van der Waals surface area contributed by atoms with Gasteiger partial charge in [0.1, 0.15) is 12.1 Å². The number of carbonyl (C=O) groups is 1. The average molecular weight is 195 g/mol. The van der Waals surface area contributed by atoms with E-state index in [0.717, 1.165) is 5.92 Å². The first-order valence-electron chi connectivity index (χ1n) is 5.65. The third-order valence-corrected chi connectivity index (χ3v) is 4.40. The Kier molecular flexibility index (Phi) is 1.69. The quantitative estimate of drug-likeness (QED) is 0.588. The smallest absolute Gasteiger partial charge is 0.326 e. The van der Waals surface area contributed by atoms with Crippen molar-refractivity contribution in [2.75, 3.05) is 6.61 Å². The zero-order valence-corrected chi connectivity index (χ0v) is 8.58. The minimum Gasteiger partial charge on any atom is -0.463 e. The van der Waals surface area contributed by atoms with Gasteiger partial charge >= 0.3 is 5.97 Å². The van der Waals surface area contributed by atoms with Gasteiger partial charge in [0, 0.05) is 6.04 Å². The van der Waals surface area contributed by atoms with E-state index in [1.807, 2.05) is 6.92 Å². The highest BCUT2D eigenvalue weighted by Gasteiger charge is 2.54. The highest BCUT2D eigenvalue weighted by atomic mass is 16.5. The summed E-state index contributed by atoms with van der Waals surface area (Å²) in [6.45, 7) is 2.61. The van der Waals surface area contributed by atoms with E-state index < -0.39 is 0 Å². The van der Waals surface area contributed by atoms with E-state index in [4.69, 9.17) is 4.74 Å². The van der Waals surface area contributed by atoms with Gasteiger partial charge in [-0.3, -0.25) is 10.1 Å². The molecule has 0 aromatic heterocycles. The van der Waals surface area contributed by atoms with Gasteiger partial charge in [0.15, 0.2) is 0 Å². The third kappa shape index (κ3) is 0.991. The number of piperidine rings is 1. The molecule has 14 heavy (non-hydrogen) atoms. The van der Waals surface area contributed by atoms with Crippen molar-refractivity contribution >= 4 is 5.97 Å². The second-order valence-corrected chi connectivity index (χ2v) is 5.18. The van der Waals surface area contributed by atoms with E-state index in [1.54, 1.807) is 0 Å². The highest BCUT2D eigenvalue weighted by molar-refractivity contribution is 5.82. The molecule has 0 amide bonds. The van der Waals surface area contributed by atoms with Gasteiger partial charge in [-0.05, 0) is 38.0 Å². The number of hydrogen-bond donors (Lipinski definition) is 1. The molecule has 3 nitrogen and oxygen atoms in total. The van der Waals surface area contributed by atoms with Crippen molar-refractivity contribution in [3.8, 4) is 0 Å². The number of fused-ring (bicyclic) bond motifs is 6. The van der Waals surface area contributed by atoms with Gasteiger partial charge in [-0.1, -0.05) is 6.42 Å². The molecule has 1 saturated carbocycles. The van der Waals surface area contributed by atoms with Gasteiger partial charge in [-0.2, -0.15) is 0 Å². The van der Waals surface area contributed by atoms with Crippen LogP contribution >= 0.6 is 0 Å². The number of ether oxygens (including phenoxy) is 1. The molecular weight excluding hydrogens is 178 g/mol. The molecule has 4 unspecified atom stereocenters. The van der Waals surface area contributed by atoms with Crippen molar-refractivity contribution in [1.82, 2.24) is 5.32 Å². The number of morpholine rings is 1. The van der Waals surface area contributed by atoms with E-state index in [9.17, 15) is 4.79 Å². The lowest BCUT2D eigenvalue weighted by Crippen LogP contribution is -2.70. The van der Waals surface area contributed by atoms with Gasteiger partial charge in [-0.25, -0.2) is 0 Å². The van der Waals surface area contributed by atoms with Crippen LogP contribution in [0, 0.1) is 11.8 Å². The zero-order chi connectivity index (χ0) is 9.76. The molecule has 4 atom stereocenters. The third-order valence-electron chi connectivity index (χ3n) is 4.40. The lowest BCUT2D eigenvalue weighted by atomic mass is 9.65. The normalized spacial score (nSPS) is 51.2. The van der Waals surface area contributed by atoms with Crippen LogP contribution in [0.25, 0.3) is 0 Å². The van der Waals surface area contributed by atoms with E-state index in [1.165, 1.54) is 25.7 Å². The van der Waals surface area contributed by atoms with Crippen LogP contribution in [-0.2, 0) is 9.53 Å². The largest absolute Gasteiger partial charge is 0.463 e. The molecule has 0 radical (unpaired) electrons. The molecule has 0 aromatic rings. The molecule has 1 N–H and O–H groups in total. The molecule has 2 saturated heterocycles. The van der Waals surface area contributed by atoms with E-state index in [-0.39, 0.29) is 11.5 Å². The predicted molar refractivity (Wildman–Crippen MR) is 51.7 cm³/mol. The lowest BCUT2D eigenvalue weighted by molar-refractivity contribution is -0.170. The van der Waals surface area contributed by atoms with Crippen LogP contribution in [0.3, 0.4) is 0 Å². The monoisotopic (exact) mass is 195 g/mol. The van der Waals surface area contributed by atoms with Gasteiger partial charge in [0.25, 0.3) is 0 Å². The van der Waals surface area contributed by atoms with Gasteiger partial charge in [0.2, 0.25) is 0 Å². The molecule has 2 heterocycles. The fraction of sp³-hybridized carbons (Fsp3) is 0.909. The summed E-state index contributed by atoms with van der Waals surface area (Å²) < 4.78 is 5.28. The van der Waals surface area contributed by atoms with Crippen molar-refractivity contribution in [3.63, 3.8) is 0 Å². The first-order chi connectivity index (χ1) is 6.70. The van der Waals surface area contributed by atoms with Crippen molar-refractivity contribution in [2.45, 2.75) is 44.2 Å². The van der Waals surface area contributed by atoms with Crippen LogP contribution in [0.2, 0.25) is 0 Å². The van der Waals surface area contributed by atoms with Crippen molar-refractivity contribution in [1.29, 1.82) is 0 Å². The molecule has 2 aliphatic heterocycles. The minimum atomic E-state index is -0.375. The van der Waals surface area contributed by atoms with Crippen LogP contribution < -0.4 is 5.32 Å². The fourth-order valence-corrected chi connectivity index (χ4v) is 3.46. The first-order valence-corrected chi connectivity index (χ1v) is 5.65. The molecular formula is C11H17NO2.